The van der Waals surface area contributed by atoms with Crippen molar-refractivity contribution in [3.8, 4) is 11.3 Å². The van der Waals surface area contributed by atoms with Crippen LogP contribution in [0.1, 0.15) is 15.9 Å². The second-order valence-corrected chi connectivity index (χ2v) is 5.89. The van der Waals surface area contributed by atoms with Crippen molar-refractivity contribution in [2.45, 2.75) is 13.1 Å². The smallest absolute Gasteiger partial charge is 0.253 e. The fraction of sp³-hybridized carbons (Fsp3) is 0.167. The molecule has 3 rings (SSSR count). The van der Waals surface area contributed by atoms with Gasteiger partial charge in [-0.3, -0.25) is 14.5 Å². The van der Waals surface area contributed by atoms with E-state index in [0.29, 0.717) is 23.7 Å². The van der Waals surface area contributed by atoms with Crippen LogP contribution in [0, 0.1) is 0 Å². The second-order valence-electron chi connectivity index (χ2n) is 5.46. The highest BCUT2D eigenvalue weighted by Crippen LogP contribution is 2.16. The molecule has 2 N–H and O–H groups in total. The molecule has 0 aliphatic heterocycles. The van der Waals surface area contributed by atoms with Gasteiger partial charge in [0.25, 0.3) is 5.91 Å². The van der Waals surface area contributed by atoms with E-state index in [1.165, 1.54) is 6.20 Å². The number of nitrogens with zero attached hydrogens (tertiary/aromatic N) is 3. The van der Waals surface area contributed by atoms with Gasteiger partial charge in [-0.15, -0.1) is 0 Å². The summed E-state index contributed by atoms with van der Waals surface area (Å²) < 4.78 is 1.64. The molecule has 2 aromatic heterocycles. The molecule has 0 fully saturated rings. The third-order valence-corrected chi connectivity index (χ3v) is 3.90. The van der Waals surface area contributed by atoms with Crippen LogP contribution in [0.3, 0.4) is 0 Å². The third-order valence-electron chi connectivity index (χ3n) is 3.65. The standard InChI is InChI=1S/C18H17ClN4O2/c19-16-4-1-13(2-5-16)9-21-18(25)14-3-6-17(20-10-14)15-11-22-23(12-15)7-8-24/h1-6,10-12,24H,7-9H2,(H,21,25). The Labute approximate surface area is 150 Å². The Morgan fingerprint density at radius 1 is 1.16 bits per heavy atom. The fourth-order valence-corrected chi connectivity index (χ4v) is 2.43. The van der Waals surface area contributed by atoms with Crippen LogP contribution in [0.15, 0.2) is 55.0 Å². The lowest BCUT2D eigenvalue weighted by atomic mass is 10.2. The highest BCUT2D eigenvalue weighted by atomic mass is 35.5. The van der Waals surface area contributed by atoms with Gasteiger partial charge in [-0.05, 0) is 29.8 Å². The maximum Gasteiger partial charge on any atom is 0.253 e. The van der Waals surface area contributed by atoms with Crippen molar-refractivity contribution < 1.29 is 9.90 Å². The number of benzene rings is 1. The Kier molecular flexibility index (Phi) is 5.42. The molecule has 1 amide bonds. The Hall–Kier alpha value is -2.70. The van der Waals surface area contributed by atoms with E-state index in [-0.39, 0.29) is 12.5 Å². The van der Waals surface area contributed by atoms with E-state index in [4.69, 9.17) is 16.7 Å². The summed E-state index contributed by atoms with van der Waals surface area (Å²) in [4.78, 5) is 16.5. The summed E-state index contributed by atoms with van der Waals surface area (Å²) >= 11 is 5.84. The number of halogens is 1. The molecule has 0 spiro atoms. The summed E-state index contributed by atoms with van der Waals surface area (Å²) in [6.45, 7) is 0.887. The van der Waals surface area contributed by atoms with E-state index in [9.17, 15) is 4.79 Å². The van der Waals surface area contributed by atoms with E-state index >= 15 is 0 Å². The number of rotatable bonds is 6. The Bertz CT molecular complexity index is 844. The number of carbonyl (C=O) groups is 1. The van der Waals surface area contributed by atoms with Crippen molar-refractivity contribution in [1.29, 1.82) is 0 Å². The van der Waals surface area contributed by atoms with Crippen LogP contribution in [-0.2, 0) is 13.1 Å². The van der Waals surface area contributed by atoms with Crippen molar-refractivity contribution in [3.05, 3.63) is 71.1 Å². The van der Waals surface area contributed by atoms with E-state index in [1.54, 1.807) is 41.3 Å². The summed E-state index contributed by atoms with van der Waals surface area (Å²) in [6, 6.07) is 10.8. The van der Waals surface area contributed by atoms with Gasteiger partial charge in [0.2, 0.25) is 0 Å². The number of aromatic nitrogens is 3. The van der Waals surface area contributed by atoms with Gasteiger partial charge in [-0.25, -0.2) is 0 Å². The maximum atomic E-state index is 12.2. The molecule has 0 saturated carbocycles. The largest absolute Gasteiger partial charge is 0.394 e. The molecule has 0 saturated heterocycles. The first-order valence-electron chi connectivity index (χ1n) is 7.78. The van der Waals surface area contributed by atoms with Gasteiger partial charge in [0.15, 0.2) is 0 Å². The molecule has 6 nitrogen and oxygen atoms in total. The number of carbonyl (C=O) groups excluding carboxylic acids is 1. The number of aliphatic hydroxyl groups is 1. The summed E-state index contributed by atoms with van der Waals surface area (Å²) in [5.74, 6) is -0.190. The summed E-state index contributed by atoms with van der Waals surface area (Å²) in [6.07, 6.45) is 5.02. The molecule has 0 bridgehead atoms. The molecule has 25 heavy (non-hydrogen) atoms. The molecular formula is C18H17ClN4O2. The van der Waals surface area contributed by atoms with Gasteiger partial charge in [0.1, 0.15) is 0 Å². The molecule has 128 valence electrons. The number of pyridine rings is 1. The first-order chi connectivity index (χ1) is 12.2. The minimum atomic E-state index is -0.190. The molecule has 0 radical (unpaired) electrons. The van der Waals surface area contributed by atoms with E-state index in [1.807, 2.05) is 12.1 Å². The fourth-order valence-electron chi connectivity index (χ4n) is 2.31. The number of amides is 1. The van der Waals surface area contributed by atoms with Crippen molar-refractivity contribution in [2.24, 2.45) is 0 Å². The normalized spacial score (nSPS) is 10.6. The van der Waals surface area contributed by atoms with Crippen LogP contribution in [0.4, 0.5) is 0 Å². The minimum Gasteiger partial charge on any atom is -0.394 e. The molecule has 2 heterocycles. The lowest BCUT2D eigenvalue weighted by molar-refractivity contribution is 0.0950. The van der Waals surface area contributed by atoms with Crippen LogP contribution in [0.25, 0.3) is 11.3 Å². The Morgan fingerprint density at radius 3 is 2.64 bits per heavy atom. The summed E-state index contributed by atoms with van der Waals surface area (Å²) in [5, 5.41) is 16.6. The number of hydrogen-bond acceptors (Lipinski definition) is 4. The average Bonchev–Trinajstić information content (AvgIpc) is 3.10. The zero-order valence-corrected chi connectivity index (χ0v) is 14.1. The molecule has 7 heteroatoms. The van der Waals surface area contributed by atoms with Gasteiger partial charge in [-0.1, -0.05) is 23.7 Å². The van der Waals surface area contributed by atoms with Crippen molar-refractivity contribution in [2.75, 3.05) is 6.61 Å². The van der Waals surface area contributed by atoms with Gasteiger partial charge >= 0.3 is 0 Å². The van der Waals surface area contributed by atoms with E-state index in [2.05, 4.69) is 15.4 Å². The summed E-state index contributed by atoms with van der Waals surface area (Å²) in [5.41, 5.74) is 3.01. The van der Waals surface area contributed by atoms with Crippen LogP contribution in [0.2, 0.25) is 5.02 Å². The average molecular weight is 357 g/mol. The molecule has 0 aliphatic carbocycles. The number of nitrogens with one attached hydrogen (secondary N) is 1. The topological polar surface area (TPSA) is 80.0 Å². The number of hydrogen-bond donors (Lipinski definition) is 2. The quantitative estimate of drug-likeness (QED) is 0.711. The van der Waals surface area contributed by atoms with Gasteiger partial charge in [-0.2, -0.15) is 5.10 Å². The molecule has 0 unspecified atom stereocenters. The van der Waals surface area contributed by atoms with Crippen molar-refractivity contribution in [1.82, 2.24) is 20.1 Å². The van der Waals surface area contributed by atoms with E-state index in [0.717, 1.165) is 16.8 Å². The number of aliphatic hydroxyl groups excluding tert-OH is 1. The van der Waals surface area contributed by atoms with Crippen LogP contribution in [0.5, 0.6) is 0 Å². The predicted molar refractivity (Wildman–Crippen MR) is 95.2 cm³/mol. The van der Waals surface area contributed by atoms with Crippen molar-refractivity contribution in [3.63, 3.8) is 0 Å². The third kappa shape index (κ3) is 4.43. The van der Waals surface area contributed by atoms with Crippen molar-refractivity contribution >= 4 is 17.5 Å². The SMILES string of the molecule is O=C(NCc1ccc(Cl)cc1)c1ccc(-c2cnn(CCO)c2)nc1. The highest BCUT2D eigenvalue weighted by Gasteiger charge is 2.08. The van der Waals surface area contributed by atoms with Gasteiger partial charge < -0.3 is 10.4 Å². The second kappa shape index (κ2) is 7.92. The van der Waals surface area contributed by atoms with Crippen LogP contribution in [-0.4, -0.2) is 32.4 Å². The first-order valence-corrected chi connectivity index (χ1v) is 8.16. The summed E-state index contributed by atoms with van der Waals surface area (Å²) in [7, 11) is 0. The first kappa shape index (κ1) is 17.1. The molecule has 0 aliphatic rings. The molecule has 0 atom stereocenters. The lowest BCUT2D eigenvalue weighted by Gasteiger charge is -2.06. The lowest BCUT2D eigenvalue weighted by Crippen LogP contribution is -2.22. The highest BCUT2D eigenvalue weighted by molar-refractivity contribution is 6.30. The van der Waals surface area contributed by atoms with Gasteiger partial charge in [0.05, 0.1) is 30.6 Å². The minimum absolute atomic E-state index is 0.0290. The Balaban J connectivity index is 1.62. The van der Waals surface area contributed by atoms with Crippen LogP contribution >= 0.6 is 11.6 Å². The maximum absolute atomic E-state index is 12.2. The van der Waals surface area contributed by atoms with Crippen LogP contribution < -0.4 is 5.32 Å². The van der Waals surface area contributed by atoms with E-state index < -0.39 is 0 Å². The molecular weight excluding hydrogens is 340 g/mol. The molecule has 3 aromatic rings. The molecule has 1 aromatic carbocycles. The Morgan fingerprint density at radius 2 is 1.96 bits per heavy atom. The zero-order valence-electron chi connectivity index (χ0n) is 13.4. The predicted octanol–water partition coefficient (Wildman–Crippen LogP) is 2.52. The zero-order chi connectivity index (χ0) is 17.6. The van der Waals surface area contributed by atoms with Gasteiger partial charge in [0, 0.05) is 29.5 Å². The monoisotopic (exact) mass is 356 g/mol.